The van der Waals surface area contributed by atoms with Gasteiger partial charge in [-0.1, -0.05) is 140 Å². The molecule has 0 saturated carbocycles. The summed E-state index contributed by atoms with van der Waals surface area (Å²) in [6.45, 7) is 0. The molecule has 0 spiro atoms. The van der Waals surface area contributed by atoms with Crippen LogP contribution >= 0.6 is 0 Å². The smallest absolute Gasteiger partial charge is 0.135 e. The first kappa shape index (κ1) is 31.2. The highest BCUT2D eigenvalue weighted by atomic mass is 16.3. The predicted molar refractivity (Wildman–Crippen MR) is 231 cm³/mol. The third-order valence-electron chi connectivity index (χ3n) is 11.0. The summed E-state index contributed by atoms with van der Waals surface area (Å²) in [4.78, 5) is 2.38. The molecule has 0 unspecified atom stereocenters. The summed E-state index contributed by atoms with van der Waals surface area (Å²) in [5, 5.41) is 7.17. The van der Waals surface area contributed by atoms with Crippen molar-refractivity contribution >= 4 is 71.6 Å². The minimum absolute atomic E-state index is 0.907. The molecular formula is C52H34N2O. The van der Waals surface area contributed by atoms with Crippen LogP contribution in [-0.4, -0.2) is 4.57 Å². The zero-order valence-electron chi connectivity index (χ0n) is 29.9. The van der Waals surface area contributed by atoms with Crippen LogP contribution in [0.2, 0.25) is 0 Å². The summed E-state index contributed by atoms with van der Waals surface area (Å²) in [5.41, 5.74) is 13.4. The summed E-state index contributed by atoms with van der Waals surface area (Å²) < 4.78 is 8.54. The number of para-hydroxylation sites is 5. The van der Waals surface area contributed by atoms with Crippen LogP contribution in [0, 0.1) is 0 Å². The quantitative estimate of drug-likeness (QED) is 0.172. The molecule has 11 rings (SSSR count). The van der Waals surface area contributed by atoms with E-state index in [0.29, 0.717) is 0 Å². The number of furan rings is 1. The lowest BCUT2D eigenvalue weighted by atomic mass is 9.95. The maximum absolute atomic E-state index is 6.11. The summed E-state index contributed by atoms with van der Waals surface area (Å²) in [6.07, 6.45) is 0. The molecule has 2 aromatic heterocycles. The molecule has 0 aliphatic heterocycles. The predicted octanol–water partition coefficient (Wildman–Crippen LogP) is 14.6. The maximum Gasteiger partial charge on any atom is 0.135 e. The van der Waals surface area contributed by atoms with E-state index >= 15 is 0 Å². The third-order valence-corrected chi connectivity index (χ3v) is 11.0. The maximum atomic E-state index is 6.11. The lowest BCUT2D eigenvalue weighted by molar-refractivity contribution is 0.669. The van der Waals surface area contributed by atoms with Gasteiger partial charge in [-0.2, -0.15) is 0 Å². The first-order chi connectivity index (χ1) is 27.3. The summed E-state index contributed by atoms with van der Waals surface area (Å²) in [5.74, 6) is 0. The van der Waals surface area contributed by atoms with Crippen molar-refractivity contribution in [1.82, 2.24) is 4.57 Å². The van der Waals surface area contributed by atoms with E-state index < -0.39 is 0 Å². The van der Waals surface area contributed by atoms with Crippen molar-refractivity contribution in [2.75, 3.05) is 4.90 Å². The van der Waals surface area contributed by atoms with Gasteiger partial charge in [0.1, 0.15) is 11.2 Å². The number of anilines is 3. The molecule has 258 valence electrons. The van der Waals surface area contributed by atoms with Crippen LogP contribution in [0.4, 0.5) is 17.1 Å². The zero-order valence-corrected chi connectivity index (χ0v) is 29.9. The topological polar surface area (TPSA) is 21.3 Å². The Bertz CT molecular complexity index is 3150. The van der Waals surface area contributed by atoms with Gasteiger partial charge in [0.05, 0.1) is 22.4 Å². The number of rotatable bonds is 6. The van der Waals surface area contributed by atoms with E-state index in [1.54, 1.807) is 0 Å². The molecule has 2 heterocycles. The van der Waals surface area contributed by atoms with Crippen LogP contribution in [0.1, 0.15) is 0 Å². The lowest BCUT2D eigenvalue weighted by Gasteiger charge is -2.28. The Hall–Kier alpha value is -7.36. The molecule has 0 aliphatic carbocycles. The number of nitrogens with zero attached hydrogens (tertiary/aromatic N) is 2. The van der Waals surface area contributed by atoms with Crippen LogP contribution in [0.5, 0.6) is 0 Å². The van der Waals surface area contributed by atoms with Crippen LogP contribution in [0.25, 0.3) is 82.5 Å². The molecule has 3 heteroatoms. The van der Waals surface area contributed by atoms with Crippen molar-refractivity contribution in [3.05, 3.63) is 206 Å². The van der Waals surface area contributed by atoms with Crippen molar-refractivity contribution in [1.29, 1.82) is 0 Å². The Kier molecular flexibility index (Phi) is 7.17. The molecule has 11 aromatic rings. The summed E-state index contributed by atoms with van der Waals surface area (Å²) in [6, 6.07) is 74.0. The molecule has 0 amide bonds. The molecule has 0 aliphatic rings. The second-order valence-corrected chi connectivity index (χ2v) is 14.1. The number of hydrogen-bond acceptors (Lipinski definition) is 2. The lowest BCUT2D eigenvalue weighted by Crippen LogP contribution is -2.10. The first-order valence-corrected chi connectivity index (χ1v) is 18.8. The average molecular weight is 703 g/mol. The number of hydrogen-bond donors (Lipinski definition) is 0. The van der Waals surface area contributed by atoms with Gasteiger partial charge < -0.3 is 13.9 Å². The summed E-state index contributed by atoms with van der Waals surface area (Å²) in [7, 11) is 0. The Balaban J connectivity index is 1.05. The van der Waals surface area contributed by atoms with Gasteiger partial charge >= 0.3 is 0 Å². The van der Waals surface area contributed by atoms with Crippen LogP contribution < -0.4 is 4.90 Å². The fourth-order valence-electron chi connectivity index (χ4n) is 8.50. The number of fused-ring (bicyclic) bond motifs is 7. The van der Waals surface area contributed by atoms with E-state index in [4.69, 9.17) is 4.42 Å². The van der Waals surface area contributed by atoms with E-state index in [1.807, 2.05) is 12.1 Å². The molecule has 55 heavy (non-hydrogen) atoms. The first-order valence-electron chi connectivity index (χ1n) is 18.8. The second kappa shape index (κ2) is 12.6. The minimum Gasteiger partial charge on any atom is -0.456 e. The Morgan fingerprint density at radius 3 is 1.67 bits per heavy atom. The van der Waals surface area contributed by atoms with Crippen molar-refractivity contribution in [3.8, 4) is 27.9 Å². The normalized spacial score (nSPS) is 11.6. The molecular weight excluding hydrogens is 669 g/mol. The van der Waals surface area contributed by atoms with Crippen molar-refractivity contribution < 1.29 is 4.42 Å². The van der Waals surface area contributed by atoms with Gasteiger partial charge in [0.25, 0.3) is 0 Å². The number of aromatic nitrogens is 1. The highest BCUT2D eigenvalue weighted by molar-refractivity contribution is 6.11. The van der Waals surface area contributed by atoms with E-state index in [1.165, 1.54) is 43.7 Å². The van der Waals surface area contributed by atoms with Gasteiger partial charge in [0.2, 0.25) is 0 Å². The van der Waals surface area contributed by atoms with Crippen LogP contribution in [0.3, 0.4) is 0 Å². The van der Waals surface area contributed by atoms with E-state index in [-0.39, 0.29) is 0 Å². The number of benzene rings is 9. The van der Waals surface area contributed by atoms with Gasteiger partial charge in [0.15, 0.2) is 0 Å². The minimum atomic E-state index is 0.907. The van der Waals surface area contributed by atoms with Crippen LogP contribution in [0.15, 0.2) is 211 Å². The highest BCUT2D eigenvalue weighted by Gasteiger charge is 2.20. The van der Waals surface area contributed by atoms with Crippen LogP contribution in [-0.2, 0) is 0 Å². The SMILES string of the molecule is c1ccc(N(c2ccc(-c3ccc4oc5ccccc5c4c3)cc2)c2ccc(-c3ccccc3-n3c4ccccc4c4ccccc43)c3ccccc23)cc1. The highest BCUT2D eigenvalue weighted by Crippen LogP contribution is 2.44. The van der Waals surface area contributed by atoms with Gasteiger partial charge in [-0.05, 0) is 88.8 Å². The fourth-order valence-corrected chi connectivity index (χ4v) is 8.50. The third kappa shape index (κ3) is 5.05. The van der Waals surface area contributed by atoms with Gasteiger partial charge in [-0.3, -0.25) is 0 Å². The van der Waals surface area contributed by atoms with Gasteiger partial charge in [-0.15, -0.1) is 0 Å². The van der Waals surface area contributed by atoms with Gasteiger partial charge in [-0.25, -0.2) is 0 Å². The molecule has 0 saturated heterocycles. The molecule has 3 nitrogen and oxygen atoms in total. The molecule has 9 aromatic carbocycles. The second-order valence-electron chi connectivity index (χ2n) is 14.1. The largest absolute Gasteiger partial charge is 0.456 e. The fraction of sp³-hybridized carbons (Fsp3) is 0. The molecule has 0 radical (unpaired) electrons. The Labute approximate surface area is 318 Å². The van der Waals surface area contributed by atoms with E-state index in [9.17, 15) is 0 Å². The molecule has 0 atom stereocenters. The molecule has 0 bridgehead atoms. The Morgan fingerprint density at radius 1 is 0.345 bits per heavy atom. The standard InChI is InChI=1S/C52H34N2O/c1-2-14-37(15-3-1)53(38-29-26-35(27-30-38)36-28-33-52-46(34-36)45-21-9-13-25-51(45)55-52)50-32-31-40(39-16-4-5-17-41(39)50)42-18-6-10-22-47(42)54-48-23-11-7-19-43(48)44-20-8-12-24-49(44)54/h1-34H. The summed E-state index contributed by atoms with van der Waals surface area (Å²) >= 11 is 0. The van der Waals surface area contributed by atoms with E-state index in [0.717, 1.165) is 55.8 Å². The van der Waals surface area contributed by atoms with E-state index in [2.05, 4.69) is 204 Å². The van der Waals surface area contributed by atoms with Crippen molar-refractivity contribution in [2.24, 2.45) is 0 Å². The molecule has 0 fully saturated rings. The van der Waals surface area contributed by atoms with Crippen molar-refractivity contribution in [2.45, 2.75) is 0 Å². The monoisotopic (exact) mass is 702 g/mol. The van der Waals surface area contributed by atoms with Gasteiger partial charge in [0, 0.05) is 43.9 Å². The Morgan fingerprint density at radius 2 is 0.909 bits per heavy atom. The van der Waals surface area contributed by atoms with Crippen molar-refractivity contribution in [3.63, 3.8) is 0 Å². The average Bonchev–Trinajstić information content (AvgIpc) is 3.80. The zero-order chi connectivity index (χ0) is 36.3. The molecule has 0 N–H and O–H groups in total.